The first-order chi connectivity index (χ1) is 16.6. The SMILES string of the molecule is CCOC(=O)c1cnn(-c2cc(C)c3cccc(C)c3n2)c1NS(=O)(=O)c1ccc(C(=O)O)cc1. The molecule has 0 fully saturated rings. The Labute approximate surface area is 201 Å². The molecule has 10 nitrogen and oxygen atoms in total. The molecule has 4 rings (SSSR count). The number of para-hydroxylation sites is 1. The molecule has 2 aromatic carbocycles. The van der Waals surface area contributed by atoms with Gasteiger partial charge in [0, 0.05) is 5.39 Å². The summed E-state index contributed by atoms with van der Waals surface area (Å²) in [5, 5.41) is 14.2. The van der Waals surface area contributed by atoms with Gasteiger partial charge in [0.25, 0.3) is 10.0 Å². The van der Waals surface area contributed by atoms with Gasteiger partial charge in [0.15, 0.2) is 11.6 Å². The number of aromatic carboxylic acids is 1. The molecule has 2 heterocycles. The zero-order valence-corrected chi connectivity index (χ0v) is 20.0. The number of anilines is 1. The van der Waals surface area contributed by atoms with Crippen molar-refractivity contribution in [1.82, 2.24) is 14.8 Å². The van der Waals surface area contributed by atoms with Crippen molar-refractivity contribution in [2.24, 2.45) is 0 Å². The quantitative estimate of drug-likeness (QED) is 0.371. The lowest BCUT2D eigenvalue weighted by Crippen LogP contribution is -2.19. The van der Waals surface area contributed by atoms with Crippen LogP contribution in [0.4, 0.5) is 5.82 Å². The van der Waals surface area contributed by atoms with Crippen molar-refractivity contribution >= 4 is 38.7 Å². The monoisotopic (exact) mass is 494 g/mol. The highest BCUT2D eigenvalue weighted by Gasteiger charge is 2.26. The van der Waals surface area contributed by atoms with Crippen LogP contribution in [0.5, 0.6) is 0 Å². The van der Waals surface area contributed by atoms with Crippen molar-refractivity contribution in [1.29, 1.82) is 0 Å². The van der Waals surface area contributed by atoms with Crippen molar-refractivity contribution in [2.75, 3.05) is 11.3 Å². The molecule has 0 bridgehead atoms. The lowest BCUT2D eigenvalue weighted by molar-refractivity contribution is 0.0527. The number of aromatic nitrogens is 3. The first-order valence-corrected chi connectivity index (χ1v) is 12.1. The Morgan fingerprint density at radius 1 is 1.09 bits per heavy atom. The van der Waals surface area contributed by atoms with E-state index in [1.165, 1.54) is 23.0 Å². The van der Waals surface area contributed by atoms with E-state index in [4.69, 9.17) is 9.84 Å². The molecule has 0 radical (unpaired) electrons. The molecule has 35 heavy (non-hydrogen) atoms. The van der Waals surface area contributed by atoms with Crippen molar-refractivity contribution in [2.45, 2.75) is 25.7 Å². The number of carboxylic acid groups (broad SMARTS) is 1. The molecular weight excluding hydrogens is 472 g/mol. The lowest BCUT2D eigenvalue weighted by Gasteiger charge is -2.14. The number of esters is 1. The number of pyridine rings is 1. The third-order valence-electron chi connectivity index (χ3n) is 5.36. The number of benzene rings is 2. The summed E-state index contributed by atoms with van der Waals surface area (Å²) in [4.78, 5) is 28.2. The Morgan fingerprint density at radius 2 is 1.80 bits per heavy atom. The van der Waals surface area contributed by atoms with Gasteiger partial charge in [0.05, 0.1) is 28.8 Å². The zero-order valence-electron chi connectivity index (χ0n) is 19.1. The van der Waals surface area contributed by atoms with Crippen molar-refractivity contribution in [3.05, 3.63) is 77.0 Å². The summed E-state index contributed by atoms with van der Waals surface area (Å²) >= 11 is 0. The second-order valence-electron chi connectivity index (χ2n) is 7.74. The normalized spacial score (nSPS) is 11.4. The Bertz CT molecular complexity index is 1560. The number of sulfonamides is 1. The van der Waals surface area contributed by atoms with Crippen LogP contribution in [0.15, 0.2) is 59.6 Å². The van der Waals surface area contributed by atoms with Crippen molar-refractivity contribution < 1.29 is 27.9 Å². The van der Waals surface area contributed by atoms with Crippen LogP contribution in [0.25, 0.3) is 16.7 Å². The number of nitrogens with one attached hydrogen (secondary N) is 1. The fourth-order valence-electron chi connectivity index (χ4n) is 3.59. The van der Waals surface area contributed by atoms with E-state index in [2.05, 4.69) is 14.8 Å². The summed E-state index contributed by atoms with van der Waals surface area (Å²) in [5.41, 5.74) is 2.37. The number of fused-ring (bicyclic) bond motifs is 1. The zero-order chi connectivity index (χ0) is 25.3. The van der Waals surface area contributed by atoms with Crippen LogP contribution in [-0.2, 0) is 14.8 Å². The van der Waals surface area contributed by atoms with Gasteiger partial charge in [-0.15, -0.1) is 0 Å². The van der Waals surface area contributed by atoms with Crippen molar-refractivity contribution in [3.63, 3.8) is 0 Å². The topological polar surface area (TPSA) is 140 Å². The van der Waals surface area contributed by atoms with Crippen LogP contribution in [-0.4, -0.2) is 46.8 Å². The standard InChI is InChI=1S/C24H22N4O6S/c1-4-34-24(31)19-13-25-28(20-12-15(3)18-7-5-6-14(2)21(18)26-20)22(19)27-35(32,33)17-10-8-16(9-11-17)23(29)30/h5-13,27H,4H2,1-3H3,(H,29,30). The van der Waals surface area contributed by atoms with Gasteiger partial charge in [-0.2, -0.15) is 9.78 Å². The molecule has 11 heteroatoms. The molecule has 0 aliphatic carbocycles. The molecule has 2 aromatic heterocycles. The molecule has 0 unspecified atom stereocenters. The van der Waals surface area contributed by atoms with E-state index in [0.29, 0.717) is 11.3 Å². The molecule has 0 amide bonds. The van der Waals surface area contributed by atoms with E-state index in [0.717, 1.165) is 28.6 Å². The maximum atomic E-state index is 13.2. The molecule has 0 aliphatic heterocycles. The number of carboxylic acids is 1. The maximum Gasteiger partial charge on any atom is 0.343 e. The van der Waals surface area contributed by atoms with Crippen LogP contribution >= 0.6 is 0 Å². The average molecular weight is 495 g/mol. The van der Waals surface area contributed by atoms with Gasteiger partial charge in [-0.3, -0.25) is 4.72 Å². The molecule has 2 N–H and O–H groups in total. The van der Waals surface area contributed by atoms with Gasteiger partial charge in [-0.05, 0) is 62.2 Å². The van der Waals surface area contributed by atoms with Crippen LogP contribution in [0, 0.1) is 13.8 Å². The minimum absolute atomic E-state index is 0.0626. The molecule has 0 atom stereocenters. The second-order valence-corrected chi connectivity index (χ2v) is 9.42. The average Bonchev–Trinajstić information content (AvgIpc) is 3.22. The summed E-state index contributed by atoms with van der Waals surface area (Å²) in [5.74, 6) is -1.78. The third kappa shape index (κ3) is 4.58. The maximum absolute atomic E-state index is 13.2. The lowest BCUT2D eigenvalue weighted by atomic mass is 10.1. The van der Waals surface area contributed by atoms with Crippen LogP contribution in [0.3, 0.4) is 0 Å². The highest BCUT2D eigenvalue weighted by Crippen LogP contribution is 2.27. The highest BCUT2D eigenvalue weighted by molar-refractivity contribution is 7.92. The van der Waals surface area contributed by atoms with E-state index >= 15 is 0 Å². The summed E-state index contributed by atoms with van der Waals surface area (Å²) in [7, 11) is -4.23. The summed E-state index contributed by atoms with van der Waals surface area (Å²) in [6.07, 6.45) is 1.21. The molecule has 0 aliphatic rings. The van der Waals surface area contributed by atoms with E-state index in [1.54, 1.807) is 13.0 Å². The number of carbonyl (C=O) groups excluding carboxylic acids is 1. The molecule has 0 saturated carbocycles. The Balaban J connectivity index is 1.85. The van der Waals surface area contributed by atoms with Crippen LogP contribution < -0.4 is 4.72 Å². The Kier molecular flexibility index (Phi) is 6.27. The minimum Gasteiger partial charge on any atom is -0.478 e. The third-order valence-corrected chi connectivity index (χ3v) is 6.71. The summed E-state index contributed by atoms with van der Waals surface area (Å²) in [6.45, 7) is 5.53. The predicted octanol–water partition coefficient (Wildman–Crippen LogP) is 3.71. The fraction of sp³-hybridized carbons (Fsp3) is 0.167. The highest BCUT2D eigenvalue weighted by atomic mass is 32.2. The van der Waals surface area contributed by atoms with Crippen molar-refractivity contribution in [3.8, 4) is 5.82 Å². The van der Waals surface area contributed by atoms with E-state index in [-0.39, 0.29) is 28.4 Å². The number of hydrogen-bond acceptors (Lipinski definition) is 7. The first-order valence-electron chi connectivity index (χ1n) is 10.6. The van der Waals surface area contributed by atoms with Crippen LogP contribution in [0.2, 0.25) is 0 Å². The summed E-state index contributed by atoms with van der Waals surface area (Å²) < 4.78 is 35.0. The van der Waals surface area contributed by atoms with Gasteiger partial charge < -0.3 is 9.84 Å². The van der Waals surface area contributed by atoms with Gasteiger partial charge >= 0.3 is 11.9 Å². The molecule has 0 spiro atoms. The smallest absolute Gasteiger partial charge is 0.343 e. The number of hydrogen-bond donors (Lipinski definition) is 2. The number of rotatable bonds is 7. The molecule has 0 saturated heterocycles. The Hall–Kier alpha value is -4.25. The minimum atomic E-state index is -4.23. The van der Waals surface area contributed by atoms with Gasteiger partial charge in [-0.25, -0.2) is 23.0 Å². The largest absolute Gasteiger partial charge is 0.478 e. The Morgan fingerprint density at radius 3 is 2.46 bits per heavy atom. The predicted molar refractivity (Wildman–Crippen MR) is 129 cm³/mol. The molecule has 4 aromatic rings. The second kappa shape index (κ2) is 9.18. The molecule has 180 valence electrons. The van der Waals surface area contributed by atoms with Crippen LogP contribution in [0.1, 0.15) is 38.8 Å². The van der Waals surface area contributed by atoms with Gasteiger partial charge in [-0.1, -0.05) is 18.2 Å². The fourth-order valence-corrected chi connectivity index (χ4v) is 4.66. The molecular formula is C24H22N4O6S. The number of carbonyl (C=O) groups is 2. The number of aryl methyl sites for hydroxylation is 2. The van der Waals surface area contributed by atoms with E-state index in [9.17, 15) is 18.0 Å². The first kappa shape index (κ1) is 23.9. The number of ether oxygens (including phenoxy) is 1. The van der Waals surface area contributed by atoms with E-state index < -0.39 is 22.0 Å². The summed E-state index contributed by atoms with van der Waals surface area (Å²) in [6, 6.07) is 12.2. The van der Waals surface area contributed by atoms with Gasteiger partial charge in [0.1, 0.15) is 5.56 Å². The number of nitrogens with zero attached hydrogens (tertiary/aromatic N) is 3. The van der Waals surface area contributed by atoms with E-state index in [1.807, 2.05) is 32.0 Å². The van der Waals surface area contributed by atoms with Gasteiger partial charge in [0.2, 0.25) is 0 Å².